The van der Waals surface area contributed by atoms with Crippen molar-refractivity contribution < 1.29 is 0 Å². The SMILES string of the molecule is C=Cc1ccc(C=C)cc1.C=Cc1ccccc1.CC(C)(C)CC(CC(CC(CC(CC(CC(c1ccccc1)C(C)(C)C)c1ccccc1)c1ccc(C(CC(CC(CC(CC(C)(C)C)c2ccccc2)c2ccccc2)c2ccccc2)CC(CC(c2ccccc2)C(C)(C)C)c2ccccc2)cc1)c1ccccc1)c1ccccc1)c1ccccc1. The minimum atomic E-state index is 0.0404. The molecule has 0 saturated carbocycles. The molecule has 0 radical (unpaired) electrons. The summed E-state index contributed by atoms with van der Waals surface area (Å²) < 4.78 is 0. The molecule has 0 aliphatic carbocycles. The van der Waals surface area contributed by atoms with E-state index < -0.39 is 0 Å². The van der Waals surface area contributed by atoms with Crippen LogP contribution in [0.25, 0.3) is 18.2 Å². The van der Waals surface area contributed by atoms with Crippen LogP contribution in [0.1, 0.15) is 315 Å². The molecule has 640 valence electrons. The molecular weight excluding hydrogens is 1490 g/mol. The normalized spacial score (nSPS) is 14.7. The van der Waals surface area contributed by atoms with Gasteiger partial charge in [-0.25, -0.2) is 0 Å². The van der Waals surface area contributed by atoms with Gasteiger partial charge in [-0.2, -0.15) is 0 Å². The maximum absolute atomic E-state index is 3.66. The molecule has 12 atom stereocenters. The van der Waals surface area contributed by atoms with Crippen molar-refractivity contribution in [2.75, 3.05) is 0 Å². The molecule has 124 heavy (non-hydrogen) atoms. The zero-order valence-corrected chi connectivity index (χ0v) is 77.1. The predicted molar refractivity (Wildman–Crippen MR) is 540 cm³/mol. The molecular formula is C124H144. The Morgan fingerprint density at radius 3 is 0.484 bits per heavy atom. The minimum Gasteiger partial charge on any atom is -0.0985 e. The quantitative estimate of drug-likeness (QED) is 0.0364. The van der Waals surface area contributed by atoms with Gasteiger partial charge in [-0.05, 0) is 253 Å². The van der Waals surface area contributed by atoms with Gasteiger partial charge < -0.3 is 0 Å². The molecule has 0 aliphatic heterocycles. The topological polar surface area (TPSA) is 0 Å². The molecule has 0 aliphatic rings. The molecule has 13 aromatic rings. The highest BCUT2D eigenvalue weighted by Crippen LogP contribution is 2.53. The van der Waals surface area contributed by atoms with Gasteiger partial charge >= 0.3 is 0 Å². The molecule has 0 fully saturated rings. The van der Waals surface area contributed by atoms with Gasteiger partial charge in [-0.3, -0.25) is 0 Å². The molecule has 0 aromatic heterocycles. The van der Waals surface area contributed by atoms with Crippen LogP contribution >= 0.6 is 0 Å². The lowest BCUT2D eigenvalue weighted by Crippen LogP contribution is -2.23. The Morgan fingerprint density at radius 2 is 0.315 bits per heavy atom. The van der Waals surface area contributed by atoms with Crippen LogP contribution in [0.4, 0.5) is 0 Å². The molecule has 12 unspecified atom stereocenters. The summed E-state index contributed by atoms with van der Waals surface area (Å²) in [5, 5.41) is 0. The first kappa shape index (κ1) is 93.8. The fraction of sp³-hybridized carbons (Fsp3) is 0.323. The summed E-state index contributed by atoms with van der Waals surface area (Å²) in [6.45, 7) is 40.4. The third-order valence-electron chi connectivity index (χ3n) is 26.3. The summed E-state index contributed by atoms with van der Waals surface area (Å²) in [5.74, 6) is 3.92. The zero-order valence-electron chi connectivity index (χ0n) is 77.1. The highest BCUT2D eigenvalue weighted by Gasteiger charge is 2.37. The Kier molecular flexibility index (Phi) is 35.3. The average molecular weight is 1630 g/mol. The monoisotopic (exact) mass is 1630 g/mol. The molecule has 0 amide bonds. The molecule has 0 saturated heterocycles. The Balaban J connectivity index is 0.000000737. The maximum atomic E-state index is 3.66. The Hall–Kier alpha value is -10.9. The highest BCUT2D eigenvalue weighted by atomic mass is 14.4. The summed E-state index contributed by atoms with van der Waals surface area (Å²) in [7, 11) is 0. The summed E-state index contributed by atoms with van der Waals surface area (Å²) in [4.78, 5) is 0. The third-order valence-corrected chi connectivity index (χ3v) is 26.3. The van der Waals surface area contributed by atoms with Crippen molar-refractivity contribution in [1.29, 1.82) is 0 Å². The molecule has 13 rings (SSSR count). The van der Waals surface area contributed by atoms with Gasteiger partial charge in [-0.15, -0.1) is 0 Å². The van der Waals surface area contributed by atoms with Crippen LogP contribution in [0.15, 0.2) is 402 Å². The van der Waals surface area contributed by atoms with E-state index in [9.17, 15) is 0 Å². The van der Waals surface area contributed by atoms with E-state index in [1.807, 2.05) is 72.8 Å². The average Bonchev–Trinajstić information content (AvgIpc) is 0.809. The largest absolute Gasteiger partial charge is 0.0985 e. The summed E-state index contributed by atoms with van der Waals surface area (Å²) in [6.07, 6.45) is 18.4. The number of hydrogen-bond acceptors (Lipinski definition) is 0. The van der Waals surface area contributed by atoms with Crippen LogP contribution in [-0.2, 0) is 0 Å². The molecule has 0 nitrogen and oxygen atoms in total. The van der Waals surface area contributed by atoms with E-state index in [1.54, 1.807) is 0 Å². The van der Waals surface area contributed by atoms with E-state index >= 15 is 0 Å². The van der Waals surface area contributed by atoms with Gasteiger partial charge in [-0.1, -0.05) is 503 Å². The van der Waals surface area contributed by atoms with E-state index in [2.05, 4.69) is 430 Å². The van der Waals surface area contributed by atoms with E-state index in [4.69, 9.17) is 0 Å². The van der Waals surface area contributed by atoms with Crippen LogP contribution in [0.2, 0.25) is 0 Å². The molecule has 0 spiro atoms. The van der Waals surface area contributed by atoms with Crippen molar-refractivity contribution in [1.82, 2.24) is 0 Å². The van der Waals surface area contributed by atoms with Gasteiger partial charge in [0.2, 0.25) is 0 Å². The Bertz CT molecular complexity index is 4800. The lowest BCUT2D eigenvalue weighted by Gasteiger charge is -2.37. The second-order valence-electron chi connectivity index (χ2n) is 40.2. The lowest BCUT2D eigenvalue weighted by atomic mass is 9.67. The molecule has 0 heterocycles. The standard InChI is InChI=1S/C106H126.C10H10.C8H8/c1-103(2,3)77-99(85-55-35-19-36-56-85)73-95(81-47-27-15-28-48-81)69-91(79-43-23-13-24-44-79)67-93(71-97(83-51-31-17-32-52-83)75-101(105(7,8)9)89-59-39-21-40-60-89)87-63-65-88(66-64-87)94(72-98(84-53-33-18-34-54-84)76-102(106(10,11)12)90-61-41-22-42-62-90)68-92(80-45-25-14-26-46-80)70-96(82-49-29-16-30-50-82)74-100(78-104(4,5)6)86-57-37-20-38-58-86;1-3-9-5-7-10(4-2)8-6-9;1-2-8-6-4-3-5-7-8/h13-66,91-102H,67-78H2,1-12H3;3-8H,1-2H2;2-7H,1H2. The fourth-order valence-electron chi connectivity index (χ4n) is 20.0. The first-order valence-electron chi connectivity index (χ1n) is 46.5. The summed E-state index contributed by atoms with van der Waals surface area (Å²) in [6, 6.07) is 145. The van der Waals surface area contributed by atoms with Crippen LogP contribution in [0.3, 0.4) is 0 Å². The Morgan fingerprint density at radius 1 is 0.169 bits per heavy atom. The van der Waals surface area contributed by atoms with Crippen molar-refractivity contribution in [2.24, 2.45) is 21.7 Å². The van der Waals surface area contributed by atoms with Crippen molar-refractivity contribution in [3.63, 3.8) is 0 Å². The second kappa shape index (κ2) is 46.7. The summed E-state index contributed by atoms with van der Waals surface area (Å²) in [5.41, 5.74) is 21.3. The van der Waals surface area contributed by atoms with Crippen molar-refractivity contribution in [2.45, 2.75) is 231 Å². The minimum absolute atomic E-state index is 0.0404. The van der Waals surface area contributed by atoms with Gasteiger partial charge in [0, 0.05) is 0 Å². The third kappa shape index (κ3) is 29.6. The first-order chi connectivity index (χ1) is 59.9. The van der Waals surface area contributed by atoms with Crippen LogP contribution in [0.5, 0.6) is 0 Å². The van der Waals surface area contributed by atoms with E-state index in [1.165, 1.54) is 72.3 Å². The van der Waals surface area contributed by atoms with Crippen molar-refractivity contribution in [3.05, 3.63) is 485 Å². The zero-order chi connectivity index (χ0) is 87.7. The molecule has 0 N–H and O–H groups in total. The first-order valence-corrected chi connectivity index (χ1v) is 46.5. The van der Waals surface area contributed by atoms with Crippen LogP contribution in [-0.4, -0.2) is 0 Å². The lowest BCUT2D eigenvalue weighted by molar-refractivity contribution is 0.277. The molecule has 13 aromatic carbocycles. The Labute approximate surface area is 751 Å². The van der Waals surface area contributed by atoms with Crippen LogP contribution in [0, 0.1) is 21.7 Å². The number of hydrogen-bond donors (Lipinski definition) is 0. The van der Waals surface area contributed by atoms with Gasteiger partial charge in [0.25, 0.3) is 0 Å². The second-order valence-corrected chi connectivity index (χ2v) is 40.2. The van der Waals surface area contributed by atoms with Crippen LogP contribution < -0.4 is 0 Å². The smallest absolute Gasteiger partial charge is 0.0107 e. The van der Waals surface area contributed by atoms with E-state index in [0.29, 0.717) is 59.2 Å². The van der Waals surface area contributed by atoms with Gasteiger partial charge in [0.05, 0.1) is 0 Å². The maximum Gasteiger partial charge on any atom is -0.0107 e. The predicted octanol–water partition coefficient (Wildman–Crippen LogP) is 35.9. The van der Waals surface area contributed by atoms with Gasteiger partial charge in [0.15, 0.2) is 0 Å². The molecule has 0 bridgehead atoms. The van der Waals surface area contributed by atoms with Crippen molar-refractivity contribution >= 4 is 18.2 Å². The molecule has 0 heteroatoms. The number of benzene rings is 13. The van der Waals surface area contributed by atoms with Gasteiger partial charge in [0.1, 0.15) is 0 Å². The number of rotatable bonds is 37. The highest BCUT2D eigenvalue weighted by molar-refractivity contribution is 5.54. The van der Waals surface area contributed by atoms with E-state index in [-0.39, 0.29) is 33.5 Å². The van der Waals surface area contributed by atoms with E-state index in [0.717, 1.165) is 88.2 Å². The fourth-order valence-corrected chi connectivity index (χ4v) is 20.0. The summed E-state index contributed by atoms with van der Waals surface area (Å²) >= 11 is 0. The van der Waals surface area contributed by atoms with Crippen molar-refractivity contribution in [3.8, 4) is 0 Å².